The molecule has 1 aromatic heterocycles. The SMILES string of the molecule is COc1cccc(-c2cccc(CNC3CCN(CC4Cn5c(=O)ccc6ccc(F)c4c65)CC3)c2)c1.O=C(O)C(F)(F)F. The Kier molecular flexibility index (Phi) is 9.36. The molecule has 7 nitrogen and oxygen atoms in total. The third-order valence-corrected chi connectivity index (χ3v) is 8.18. The normalized spacial score (nSPS) is 16.9. The smallest absolute Gasteiger partial charge is 0.490 e. The maximum Gasteiger partial charge on any atom is 0.490 e. The molecule has 1 atom stereocenters. The highest BCUT2D eigenvalue weighted by Crippen LogP contribution is 2.35. The van der Waals surface area contributed by atoms with E-state index in [1.54, 1.807) is 29.9 Å². The topological polar surface area (TPSA) is 83.8 Å². The molecule has 3 aromatic carbocycles. The van der Waals surface area contributed by atoms with E-state index in [1.807, 2.05) is 18.2 Å². The number of aromatic nitrogens is 1. The molecule has 1 saturated heterocycles. The Morgan fingerprint density at radius 2 is 1.66 bits per heavy atom. The van der Waals surface area contributed by atoms with Crippen LogP contribution in [0.5, 0.6) is 5.75 Å². The minimum absolute atomic E-state index is 0.0164. The molecule has 1 unspecified atom stereocenters. The van der Waals surface area contributed by atoms with Crippen molar-refractivity contribution in [3.05, 3.63) is 100 Å². The molecule has 2 aliphatic rings. The second-order valence-corrected chi connectivity index (χ2v) is 11.1. The van der Waals surface area contributed by atoms with Gasteiger partial charge in [-0.05, 0) is 84.4 Å². The van der Waals surface area contributed by atoms with Crippen molar-refractivity contribution in [3.8, 4) is 16.9 Å². The van der Waals surface area contributed by atoms with Crippen LogP contribution < -0.4 is 15.6 Å². The summed E-state index contributed by atoms with van der Waals surface area (Å²) in [6.07, 6.45) is -2.97. The quantitative estimate of drug-likeness (QED) is 0.257. The van der Waals surface area contributed by atoms with Crippen molar-refractivity contribution in [1.29, 1.82) is 0 Å². The number of pyridine rings is 1. The molecule has 0 spiro atoms. The van der Waals surface area contributed by atoms with Crippen LogP contribution in [0.3, 0.4) is 0 Å². The van der Waals surface area contributed by atoms with E-state index in [0.29, 0.717) is 18.2 Å². The van der Waals surface area contributed by atoms with E-state index >= 15 is 0 Å². The van der Waals surface area contributed by atoms with E-state index < -0.39 is 12.1 Å². The summed E-state index contributed by atoms with van der Waals surface area (Å²) in [5.74, 6) is -2.07. The first-order valence-corrected chi connectivity index (χ1v) is 14.3. The maximum atomic E-state index is 14.8. The summed E-state index contributed by atoms with van der Waals surface area (Å²) < 4.78 is 53.7. The van der Waals surface area contributed by atoms with Crippen LogP contribution >= 0.6 is 0 Å². The minimum atomic E-state index is -5.08. The van der Waals surface area contributed by atoms with Gasteiger partial charge in [0.1, 0.15) is 11.6 Å². The van der Waals surface area contributed by atoms with E-state index in [2.05, 4.69) is 46.6 Å². The molecule has 1 fully saturated rings. The Morgan fingerprint density at radius 1 is 1.00 bits per heavy atom. The van der Waals surface area contributed by atoms with Crippen LogP contribution in [0.4, 0.5) is 17.6 Å². The van der Waals surface area contributed by atoms with Gasteiger partial charge in [-0.2, -0.15) is 13.2 Å². The van der Waals surface area contributed by atoms with Crippen LogP contribution in [0.2, 0.25) is 0 Å². The molecule has 3 heterocycles. The van der Waals surface area contributed by atoms with Gasteiger partial charge in [0.05, 0.1) is 12.6 Å². The standard InChI is InChI=1S/C31H32FN3O2.C2HF3O2/c1-37-27-7-3-6-24(17-27)23-5-2-4-21(16-23)18-33-26-12-14-34(15-13-26)19-25-20-35-29(36)11-9-22-8-10-28(32)30(25)31(22)35;3-2(4,5)1(6)7/h2-11,16-17,25-26,33H,12-15,18-20H2,1H3;(H,6,7). The molecule has 0 amide bonds. The fourth-order valence-electron chi connectivity index (χ4n) is 5.98. The fourth-order valence-corrected chi connectivity index (χ4v) is 5.98. The van der Waals surface area contributed by atoms with Gasteiger partial charge in [-0.1, -0.05) is 30.3 Å². The second-order valence-electron chi connectivity index (χ2n) is 11.1. The number of piperidine rings is 1. The van der Waals surface area contributed by atoms with Gasteiger partial charge in [0.2, 0.25) is 0 Å². The van der Waals surface area contributed by atoms with Crippen LogP contribution in [-0.4, -0.2) is 59.5 Å². The summed E-state index contributed by atoms with van der Waals surface area (Å²) in [6, 6.07) is 24.0. The van der Waals surface area contributed by atoms with Gasteiger partial charge in [0.15, 0.2) is 0 Å². The lowest BCUT2D eigenvalue weighted by atomic mass is 9.96. The molecule has 4 aromatic rings. The molecule has 6 rings (SSSR count). The van der Waals surface area contributed by atoms with Gasteiger partial charge in [-0.15, -0.1) is 0 Å². The largest absolute Gasteiger partial charge is 0.497 e. The lowest BCUT2D eigenvalue weighted by molar-refractivity contribution is -0.192. The number of carboxylic acids is 1. The molecule has 2 aliphatic heterocycles. The monoisotopic (exact) mass is 611 g/mol. The first kappa shape index (κ1) is 31.2. The number of alkyl halides is 3. The predicted molar refractivity (Wildman–Crippen MR) is 159 cm³/mol. The molecule has 0 radical (unpaired) electrons. The highest BCUT2D eigenvalue weighted by atomic mass is 19.4. The molecule has 232 valence electrons. The number of ether oxygens (including phenoxy) is 1. The van der Waals surface area contributed by atoms with E-state index in [4.69, 9.17) is 14.6 Å². The highest BCUT2D eigenvalue weighted by Gasteiger charge is 2.38. The van der Waals surface area contributed by atoms with Crippen molar-refractivity contribution < 1.29 is 32.2 Å². The number of likely N-dealkylation sites (tertiary alicyclic amines) is 1. The lowest BCUT2D eigenvalue weighted by Crippen LogP contribution is -2.43. The summed E-state index contributed by atoms with van der Waals surface area (Å²) in [6.45, 7) is 4.12. The van der Waals surface area contributed by atoms with E-state index in [0.717, 1.165) is 61.2 Å². The Bertz CT molecular complexity index is 1700. The Morgan fingerprint density at radius 3 is 2.34 bits per heavy atom. The molecule has 0 bridgehead atoms. The summed E-state index contributed by atoms with van der Waals surface area (Å²) in [5.41, 5.74) is 5.06. The third kappa shape index (κ3) is 7.11. The Labute approximate surface area is 251 Å². The maximum absolute atomic E-state index is 14.8. The van der Waals surface area contributed by atoms with E-state index in [9.17, 15) is 22.4 Å². The Balaban J connectivity index is 0.000000493. The van der Waals surface area contributed by atoms with Gasteiger partial charge in [-0.25, -0.2) is 9.18 Å². The number of benzene rings is 3. The zero-order chi connectivity index (χ0) is 31.4. The van der Waals surface area contributed by atoms with Gasteiger partial charge in [0.25, 0.3) is 5.56 Å². The number of nitrogens with zero attached hydrogens (tertiary/aromatic N) is 2. The van der Waals surface area contributed by atoms with Gasteiger partial charge >= 0.3 is 12.1 Å². The van der Waals surface area contributed by atoms with Crippen LogP contribution in [0.1, 0.15) is 29.9 Å². The minimum Gasteiger partial charge on any atom is -0.497 e. The summed E-state index contributed by atoms with van der Waals surface area (Å²) >= 11 is 0. The van der Waals surface area contributed by atoms with Gasteiger partial charge in [0, 0.05) is 43.2 Å². The predicted octanol–water partition coefficient (Wildman–Crippen LogP) is 5.80. The zero-order valence-corrected chi connectivity index (χ0v) is 24.1. The molecule has 11 heteroatoms. The molecular formula is C33H33F4N3O4. The van der Waals surface area contributed by atoms with Crippen LogP contribution in [-0.2, 0) is 17.9 Å². The van der Waals surface area contributed by atoms with E-state index in [1.165, 1.54) is 11.1 Å². The average molecular weight is 612 g/mol. The van der Waals surface area contributed by atoms with Crippen molar-refractivity contribution in [2.45, 2.75) is 44.1 Å². The number of hydrogen-bond donors (Lipinski definition) is 2. The number of aliphatic carboxylic acids is 1. The highest BCUT2D eigenvalue weighted by molar-refractivity contribution is 5.84. The van der Waals surface area contributed by atoms with Gasteiger partial charge < -0.3 is 24.6 Å². The number of nitrogens with one attached hydrogen (secondary N) is 1. The first-order chi connectivity index (χ1) is 21.0. The lowest BCUT2D eigenvalue weighted by Gasteiger charge is -2.34. The molecular weight excluding hydrogens is 578 g/mol. The van der Waals surface area contributed by atoms with E-state index in [-0.39, 0.29) is 17.3 Å². The number of halogens is 4. The molecule has 44 heavy (non-hydrogen) atoms. The second kappa shape index (κ2) is 13.2. The van der Waals surface area contributed by atoms with Crippen molar-refractivity contribution in [1.82, 2.24) is 14.8 Å². The third-order valence-electron chi connectivity index (χ3n) is 8.18. The number of rotatable bonds is 7. The fraction of sp³-hybridized carbons (Fsp3) is 0.333. The summed E-state index contributed by atoms with van der Waals surface area (Å²) in [5, 5.41) is 11.8. The molecule has 0 saturated carbocycles. The number of methoxy groups -OCH3 is 1. The van der Waals surface area contributed by atoms with Crippen molar-refractivity contribution >= 4 is 16.9 Å². The Hall–Kier alpha value is -4.22. The van der Waals surface area contributed by atoms with Crippen LogP contribution in [0.25, 0.3) is 22.0 Å². The van der Waals surface area contributed by atoms with Gasteiger partial charge in [-0.3, -0.25) is 4.79 Å². The average Bonchev–Trinajstić information content (AvgIpc) is 3.41. The zero-order valence-electron chi connectivity index (χ0n) is 24.1. The van der Waals surface area contributed by atoms with Crippen molar-refractivity contribution in [2.24, 2.45) is 0 Å². The molecule has 0 aliphatic carbocycles. The number of hydrogen-bond acceptors (Lipinski definition) is 5. The number of carbonyl (C=O) groups is 1. The van der Waals surface area contributed by atoms with Crippen LogP contribution in [0, 0.1) is 5.82 Å². The van der Waals surface area contributed by atoms with Crippen molar-refractivity contribution in [2.75, 3.05) is 26.7 Å². The van der Waals surface area contributed by atoms with Crippen LogP contribution in [0.15, 0.2) is 77.6 Å². The first-order valence-electron chi connectivity index (χ1n) is 14.3. The van der Waals surface area contributed by atoms with Crippen molar-refractivity contribution in [3.63, 3.8) is 0 Å². The summed E-state index contributed by atoms with van der Waals surface area (Å²) in [4.78, 5) is 23.7. The molecule has 2 N–H and O–H groups in total. The number of carboxylic acid groups (broad SMARTS) is 1. The summed E-state index contributed by atoms with van der Waals surface area (Å²) in [7, 11) is 1.69.